The van der Waals surface area contributed by atoms with E-state index in [1.54, 1.807) is 12.1 Å². The van der Waals surface area contributed by atoms with Crippen LogP contribution in [-0.4, -0.2) is 62.5 Å². The molecule has 10 heteroatoms. The van der Waals surface area contributed by atoms with E-state index in [4.69, 9.17) is 23.2 Å². The van der Waals surface area contributed by atoms with Crippen LogP contribution in [0.4, 0.5) is 21.5 Å². The molecule has 8 nitrogen and oxygen atoms in total. The van der Waals surface area contributed by atoms with E-state index < -0.39 is 0 Å². The lowest BCUT2D eigenvalue weighted by Crippen LogP contribution is -2.44. The Kier molecular flexibility index (Phi) is 8.19. The number of likely N-dealkylation sites (N-methyl/N-ethyl adjacent to an activating group) is 1. The zero-order valence-electron chi connectivity index (χ0n) is 17.9. The first-order chi connectivity index (χ1) is 15.5. The fourth-order valence-electron chi connectivity index (χ4n) is 3.37. The van der Waals surface area contributed by atoms with Gasteiger partial charge in [-0.25, -0.2) is 4.39 Å². The Morgan fingerprint density at radius 2 is 1.88 bits per heavy atom. The van der Waals surface area contributed by atoms with Gasteiger partial charge in [0.1, 0.15) is 5.82 Å². The molecule has 1 fully saturated rings. The molecule has 5 N–H and O–H groups in total. The molecule has 1 saturated heterocycles. The van der Waals surface area contributed by atoms with Crippen LogP contribution >= 0.6 is 12.2 Å². The maximum absolute atomic E-state index is 14.8. The van der Waals surface area contributed by atoms with Crippen LogP contribution < -0.4 is 26.7 Å². The molecule has 2 aromatic carbocycles. The summed E-state index contributed by atoms with van der Waals surface area (Å²) in [4.78, 5) is 4.48. The molecule has 0 amide bonds. The fourth-order valence-corrected chi connectivity index (χ4v) is 3.42. The highest BCUT2D eigenvalue weighted by atomic mass is 32.1. The maximum atomic E-state index is 14.8. The van der Waals surface area contributed by atoms with Crippen molar-refractivity contribution in [1.82, 2.24) is 10.3 Å². The number of nitriles is 1. The highest BCUT2D eigenvalue weighted by Gasteiger charge is 2.19. The molecule has 1 aliphatic rings. The Bertz CT molecular complexity index is 994. The Balaban J connectivity index is 1.69. The minimum atomic E-state index is -0.363. The molecule has 0 saturated carbocycles. The first kappa shape index (κ1) is 23.2. The van der Waals surface area contributed by atoms with Crippen molar-refractivity contribution in [3.8, 4) is 6.07 Å². The van der Waals surface area contributed by atoms with Crippen LogP contribution in [0.15, 0.2) is 41.5 Å². The van der Waals surface area contributed by atoms with E-state index in [1.807, 2.05) is 18.2 Å². The number of hydrogen-bond acceptors (Lipinski definition) is 7. The lowest BCUT2D eigenvalue weighted by atomic mass is 10.1. The number of thiocarbonyl (C=S) groups is 1. The van der Waals surface area contributed by atoms with Crippen LogP contribution in [0.25, 0.3) is 0 Å². The lowest BCUT2D eigenvalue weighted by Gasteiger charge is -2.35. The van der Waals surface area contributed by atoms with E-state index in [2.05, 4.69) is 44.1 Å². The number of nitrogens with one attached hydrogen (secondary N) is 3. The molecule has 0 radical (unpaired) electrons. The molecule has 168 valence electrons. The van der Waals surface area contributed by atoms with Crippen molar-refractivity contribution in [2.24, 2.45) is 10.8 Å². The first-order valence-corrected chi connectivity index (χ1v) is 10.7. The summed E-state index contributed by atoms with van der Waals surface area (Å²) < 4.78 is 14.8. The number of nitrogens with two attached hydrogens (primary N) is 1. The van der Waals surface area contributed by atoms with Gasteiger partial charge < -0.3 is 26.2 Å². The van der Waals surface area contributed by atoms with Gasteiger partial charge in [0.05, 0.1) is 23.5 Å². The van der Waals surface area contributed by atoms with E-state index in [0.29, 0.717) is 29.9 Å². The molecule has 0 atom stereocenters. The molecule has 0 spiro atoms. The lowest BCUT2D eigenvalue weighted by molar-refractivity contribution is 0.313. The van der Waals surface area contributed by atoms with Crippen molar-refractivity contribution in [1.29, 1.82) is 5.26 Å². The fraction of sp³-hybridized carbons (Fsp3) is 0.318. The molecule has 0 aromatic heterocycles. The number of piperazine rings is 1. The van der Waals surface area contributed by atoms with Gasteiger partial charge in [-0.15, -0.1) is 0 Å². The van der Waals surface area contributed by atoms with E-state index >= 15 is 0 Å². The van der Waals surface area contributed by atoms with E-state index in [9.17, 15) is 4.39 Å². The van der Waals surface area contributed by atoms with Crippen LogP contribution in [0.5, 0.6) is 0 Å². The average molecular weight is 455 g/mol. The normalized spacial score (nSPS) is 14.2. The van der Waals surface area contributed by atoms with E-state index in [1.165, 1.54) is 12.3 Å². The van der Waals surface area contributed by atoms with E-state index in [-0.39, 0.29) is 10.9 Å². The van der Waals surface area contributed by atoms with Gasteiger partial charge in [0.15, 0.2) is 5.11 Å². The van der Waals surface area contributed by atoms with Gasteiger partial charge in [0, 0.05) is 56.2 Å². The Hall–Kier alpha value is -3.42. The molecule has 0 unspecified atom stereocenters. The monoisotopic (exact) mass is 454 g/mol. The molecule has 0 bridgehead atoms. The molecule has 2 aromatic rings. The third-order valence-corrected chi connectivity index (χ3v) is 5.21. The third kappa shape index (κ3) is 6.54. The van der Waals surface area contributed by atoms with Gasteiger partial charge in [-0.05, 0) is 55.7 Å². The summed E-state index contributed by atoms with van der Waals surface area (Å²) >= 11 is 4.77. The number of hydrazone groups is 1. The van der Waals surface area contributed by atoms with Gasteiger partial charge in [-0.2, -0.15) is 10.4 Å². The molecule has 1 heterocycles. The first-order valence-electron chi connectivity index (χ1n) is 10.3. The van der Waals surface area contributed by atoms with Gasteiger partial charge in [0.2, 0.25) is 0 Å². The quantitative estimate of drug-likeness (QED) is 0.208. The van der Waals surface area contributed by atoms with Crippen LogP contribution in [0.2, 0.25) is 0 Å². The zero-order chi connectivity index (χ0) is 22.9. The Morgan fingerprint density at radius 1 is 1.19 bits per heavy atom. The third-order valence-electron chi connectivity index (χ3n) is 5.12. The van der Waals surface area contributed by atoms with Crippen LogP contribution in [0.3, 0.4) is 0 Å². The number of nitrogens with zero attached hydrogens (tertiary/aromatic N) is 4. The summed E-state index contributed by atoms with van der Waals surface area (Å²) in [5.41, 5.74) is 11.4. The van der Waals surface area contributed by atoms with Crippen molar-refractivity contribution in [3.63, 3.8) is 0 Å². The predicted octanol–water partition coefficient (Wildman–Crippen LogP) is 2.14. The van der Waals surface area contributed by atoms with Crippen molar-refractivity contribution in [2.45, 2.75) is 0 Å². The Morgan fingerprint density at radius 3 is 2.53 bits per heavy atom. The summed E-state index contributed by atoms with van der Waals surface area (Å²) in [5.74, 6) is -0.363. The van der Waals surface area contributed by atoms with Crippen molar-refractivity contribution < 1.29 is 4.39 Å². The average Bonchev–Trinajstić information content (AvgIpc) is 2.78. The largest absolute Gasteiger partial charge is 0.383 e. The highest BCUT2D eigenvalue weighted by molar-refractivity contribution is 7.80. The van der Waals surface area contributed by atoms with Gasteiger partial charge >= 0.3 is 0 Å². The molecular weight excluding hydrogens is 427 g/mol. The summed E-state index contributed by atoms with van der Waals surface area (Å²) in [6.45, 7) is 4.65. The van der Waals surface area contributed by atoms with Crippen LogP contribution in [0, 0.1) is 17.1 Å². The zero-order valence-corrected chi connectivity index (χ0v) is 18.8. The molecule has 3 rings (SSSR count). The van der Waals surface area contributed by atoms with Crippen LogP contribution in [-0.2, 0) is 0 Å². The summed E-state index contributed by atoms with van der Waals surface area (Å²) in [7, 11) is 2.09. The smallest absolute Gasteiger partial charge is 0.184 e. The number of benzene rings is 2. The molecule has 1 aliphatic heterocycles. The topological polar surface area (TPSA) is 105 Å². The summed E-state index contributed by atoms with van der Waals surface area (Å²) in [6.07, 6.45) is 1.53. The van der Waals surface area contributed by atoms with Gasteiger partial charge in [0.25, 0.3) is 0 Å². The SMILES string of the molecule is CN1CCN(c2cc(NCCNc3ccc(C#N)cc3)c(F)cc2/C=N/NC(N)=S)CC1. The number of rotatable bonds is 8. The minimum Gasteiger partial charge on any atom is -0.383 e. The molecular formula is C22H27FN8S. The number of halogens is 1. The minimum absolute atomic E-state index is 0.0518. The second kappa shape index (κ2) is 11.3. The van der Waals surface area contributed by atoms with Gasteiger partial charge in [-0.3, -0.25) is 5.43 Å². The van der Waals surface area contributed by atoms with E-state index in [0.717, 1.165) is 37.6 Å². The van der Waals surface area contributed by atoms with Crippen molar-refractivity contribution in [2.75, 3.05) is 61.8 Å². The predicted molar refractivity (Wildman–Crippen MR) is 132 cm³/mol. The standard InChI is InChI=1S/C22H27FN8S/c1-30-8-10-31(11-9-30)21-13-20(19(23)12-17(21)15-28-29-22(25)32)27-7-6-26-18-4-2-16(14-24)3-5-18/h2-5,12-13,15,26-27H,6-11H2,1H3,(H3,25,29,32)/b28-15+. The highest BCUT2D eigenvalue weighted by Crippen LogP contribution is 2.27. The molecule has 0 aliphatic carbocycles. The van der Waals surface area contributed by atoms with Crippen molar-refractivity contribution >= 4 is 40.6 Å². The van der Waals surface area contributed by atoms with Crippen molar-refractivity contribution in [3.05, 3.63) is 53.3 Å². The second-order valence-electron chi connectivity index (χ2n) is 7.46. The second-order valence-corrected chi connectivity index (χ2v) is 7.90. The molecule has 32 heavy (non-hydrogen) atoms. The van der Waals surface area contributed by atoms with Gasteiger partial charge in [-0.1, -0.05) is 0 Å². The number of anilines is 3. The Labute approximate surface area is 192 Å². The number of hydrogen-bond donors (Lipinski definition) is 4. The summed E-state index contributed by atoms with van der Waals surface area (Å²) in [6, 6.07) is 12.6. The van der Waals surface area contributed by atoms with Crippen LogP contribution in [0.1, 0.15) is 11.1 Å². The maximum Gasteiger partial charge on any atom is 0.184 e. The summed E-state index contributed by atoms with van der Waals surface area (Å²) in [5, 5.41) is 19.4.